The van der Waals surface area contributed by atoms with Gasteiger partial charge in [-0.3, -0.25) is 10.1 Å². The molecule has 1 fully saturated rings. The van der Waals surface area contributed by atoms with Crippen LogP contribution in [0.3, 0.4) is 0 Å². The summed E-state index contributed by atoms with van der Waals surface area (Å²) in [5.41, 5.74) is 0. The van der Waals surface area contributed by atoms with Gasteiger partial charge in [-0.05, 0) is 6.92 Å². The standard InChI is InChI=1S/C9H12N4O3/c1-5-3-13(9(15)11-8(5)14)4-7-10-6(2)12-16-7/h5H,3-4H2,1-2H3,(H,11,14,15). The summed E-state index contributed by atoms with van der Waals surface area (Å²) in [5, 5.41) is 5.89. The molecule has 0 spiro atoms. The van der Waals surface area contributed by atoms with Crippen LogP contribution in [-0.2, 0) is 11.3 Å². The molecule has 1 aliphatic heterocycles. The maximum Gasteiger partial charge on any atom is 0.324 e. The zero-order chi connectivity index (χ0) is 11.7. The Morgan fingerprint density at radius 1 is 1.56 bits per heavy atom. The highest BCUT2D eigenvalue weighted by molar-refractivity contribution is 5.97. The number of carbonyl (C=O) groups excluding carboxylic acids is 2. The first-order chi connectivity index (χ1) is 7.56. The van der Waals surface area contributed by atoms with E-state index < -0.39 is 6.03 Å². The minimum atomic E-state index is -0.418. The number of amides is 3. The zero-order valence-corrected chi connectivity index (χ0v) is 9.06. The molecule has 1 atom stereocenters. The van der Waals surface area contributed by atoms with Crippen molar-refractivity contribution in [2.75, 3.05) is 6.54 Å². The van der Waals surface area contributed by atoms with Crippen LogP contribution in [0.5, 0.6) is 0 Å². The Balaban J connectivity index is 2.04. The second kappa shape index (κ2) is 3.92. The summed E-state index contributed by atoms with van der Waals surface area (Å²) in [4.78, 5) is 28.1. The van der Waals surface area contributed by atoms with Crippen molar-refractivity contribution in [1.82, 2.24) is 20.4 Å². The lowest BCUT2D eigenvalue weighted by Crippen LogP contribution is -2.53. The van der Waals surface area contributed by atoms with Crippen molar-refractivity contribution >= 4 is 11.9 Å². The minimum absolute atomic E-state index is 0.221. The Morgan fingerprint density at radius 2 is 2.31 bits per heavy atom. The molecule has 1 aromatic rings. The van der Waals surface area contributed by atoms with Crippen LogP contribution in [0.1, 0.15) is 18.6 Å². The fraction of sp³-hybridized carbons (Fsp3) is 0.556. The Bertz CT molecular complexity index is 428. The van der Waals surface area contributed by atoms with Crippen LogP contribution in [-0.4, -0.2) is 33.5 Å². The van der Waals surface area contributed by atoms with E-state index in [1.807, 2.05) is 0 Å². The van der Waals surface area contributed by atoms with Crippen molar-refractivity contribution in [2.45, 2.75) is 20.4 Å². The Labute approximate surface area is 91.8 Å². The Morgan fingerprint density at radius 3 is 2.94 bits per heavy atom. The van der Waals surface area contributed by atoms with Crippen LogP contribution in [0.15, 0.2) is 4.52 Å². The van der Waals surface area contributed by atoms with E-state index >= 15 is 0 Å². The molecule has 1 N–H and O–H groups in total. The molecule has 1 unspecified atom stereocenters. The molecule has 1 aliphatic rings. The fourth-order valence-corrected chi connectivity index (χ4v) is 1.51. The van der Waals surface area contributed by atoms with E-state index in [2.05, 4.69) is 15.5 Å². The molecule has 0 radical (unpaired) electrons. The van der Waals surface area contributed by atoms with E-state index in [4.69, 9.17) is 4.52 Å². The van der Waals surface area contributed by atoms with E-state index in [1.54, 1.807) is 13.8 Å². The number of imide groups is 1. The molecule has 2 heterocycles. The number of nitrogens with zero attached hydrogens (tertiary/aromatic N) is 3. The van der Waals surface area contributed by atoms with Gasteiger partial charge >= 0.3 is 6.03 Å². The van der Waals surface area contributed by atoms with Gasteiger partial charge in [0.2, 0.25) is 11.8 Å². The van der Waals surface area contributed by atoms with Crippen LogP contribution in [0, 0.1) is 12.8 Å². The van der Waals surface area contributed by atoms with Gasteiger partial charge in [0, 0.05) is 6.54 Å². The summed E-state index contributed by atoms with van der Waals surface area (Å²) >= 11 is 0. The number of carbonyl (C=O) groups is 2. The lowest BCUT2D eigenvalue weighted by atomic mass is 10.1. The van der Waals surface area contributed by atoms with E-state index in [9.17, 15) is 9.59 Å². The van der Waals surface area contributed by atoms with Gasteiger partial charge in [0.05, 0.1) is 5.92 Å². The molecular weight excluding hydrogens is 212 g/mol. The summed E-state index contributed by atoms with van der Waals surface area (Å²) in [6.45, 7) is 4.06. The van der Waals surface area contributed by atoms with Gasteiger partial charge in [-0.1, -0.05) is 12.1 Å². The number of hydrogen-bond acceptors (Lipinski definition) is 5. The summed E-state index contributed by atoms with van der Waals surface area (Å²) in [7, 11) is 0. The highest BCUT2D eigenvalue weighted by atomic mass is 16.5. The largest absolute Gasteiger partial charge is 0.337 e. The monoisotopic (exact) mass is 224 g/mol. The zero-order valence-electron chi connectivity index (χ0n) is 9.06. The fourth-order valence-electron chi connectivity index (χ4n) is 1.51. The number of hydrogen-bond donors (Lipinski definition) is 1. The molecule has 0 aliphatic carbocycles. The predicted molar refractivity (Wildman–Crippen MR) is 52.1 cm³/mol. The third-order valence-electron chi connectivity index (χ3n) is 2.35. The predicted octanol–water partition coefficient (Wildman–Crippen LogP) is 0.0659. The van der Waals surface area contributed by atoms with E-state index in [0.717, 1.165) is 0 Å². The Hall–Kier alpha value is -1.92. The molecule has 7 nitrogen and oxygen atoms in total. The highest BCUT2D eigenvalue weighted by Gasteiger charge is 2.29. The van der Waals surface area contributed by atoms with E-state index in [0.29, 0.717) is 18.3 Å². The van der Waals surface area contributed by atoms with Gasteiger partial charge in [-0.25, -0.2) is 4.79 Å². The number of nitrogens with one attached hydrogen (secondary N) is 1. The van der Waals surface area contributed by atoms with Gasteiger partial charge in [0.15, 0.2) is 5.82 Å². The van der Waals surface area contributed by atoms with Gasteiger partial charge in [-0.2, -0.15) is 4.98 Å². The SMILES string of the molecule is Cc1noc(CN2CC(C)C(=O)NC2=O)n1. The molecule has 0 aromatic carbocycles. The van der Waals surface area contributed by atoms with Crippen molar-refractivity contribution in [2.24, 2.45) is 5.92 Å². The highest BCUT2D eigenvalue weighted by Crippen LogP contribution is 2.10. The second-order valence-electron chi connectivity index (χ2n) is 3.81. The number of rotatable bonds is 2. The summed E-state index contributed by atoms with van der Waals surface area (Å²) in [5.74, 6) is 0.426. The maximum atomic E-state index is 11.5. The molecule has 1 saturated heterocycles. The average Bonchev–Trinajstić information content (AvgIpc) is 2.60. The third kappa shape index (κ3) is 2.02. The smallest absolute Gasteiger partial charge is 0.324 e. The molecule has 16 heavy (non-hydrogen) atoms. The van der Waals surface area contributed by atoms with Crippen LogP contribution >= 0.6 is 0 Å². The van der Waals surface area contributed by atoms with Crippen LogP contribution in [0.4, 0.5) is 4.79 Å². The summed E-state index contributed by atoms with van der Waals surface area (Å²) in [6, 6.07) is -0.418. The average molecular weight is 224 g/mol. The van der Waals surface area contributed by atoms with Gasteiger partial charge in [0.1, 0.15) is 6.54 Å². The van der Waals surface area contributed by atoms with Crippen molar-refractivity contribution in [3.63, 3.8) is 0 Å². The molecule has 1 aromatic heterocycles. The van der Waals surface area contributed by atoms with Crippen molar-refractivity contribution < 1.29 is 14.1 Å². The lowest BCUT2D eigenvalue weighted by Gasteiger charge is -2.28. The molecular formula is C9H12N4O3. The first-order valence-corrected chi connectivity index (χ1v) is 4.95. The molecule has 3 amide bonds. The third-order valence-corrected chi connectivity index (χ3v) is 2.35. The lowest BCUT2D eigenvalue weighted by molar-refractivity contribution is -0.125. The minimum Gasteiger partial charge on any atom is -0.337 e. The molecule has 86 valence electrons. The molecule has 7 heteroatoms. The molecule has 0 saturated carbocycles. The van der Waals surface area contributed by atoms with E-state index in [-0.39, 0.29) is 18.4 Å². The van der Waals surface area contributed by atoms with Crippen molar-refractivity contribution in [3.8, 4) is 0 Å². The normalized spacial score (nSPS) is 21.1. The van der Waals surface area contributed by atoms with Crippen LogP contribution in [0.25, 0.3) is 0 Å². The van der Waals surface area contributed by atoms with Crippen LogP contribution < -0.4 is 5.32 Å². The summed E-state index contributed by atoms with van der Waals surface area (Å²) in [6.07, 6.45) is 0. The first kappa shape index (κ1) is 10.6. The second-order valence-corrected chi connectivity index (χ2v) is 3.81. The van der Waals surface area contributed by atoms with Crippen molar-refractivity contribution in [1.29, 1.82) is 0 Å². The molecule has 0 bridgehead atoms. The number of aromatic nitrogens is 2. The van der Waals surface area contributed by atoms with Crippen LogP contribution in [0.2, 0.25) is 0 Å². The maximum absolute atomic E-state index is 11.5. The topological polar surface area (TPSA) is 88.3 Å². The van der Waals surface area contributed by atoms with Crippen molar-refractivity contribution in [3.05, 3.63) is 11.7 Å². The van der Waals surface area contributed by atoms with E-state index in [1.165, 1.54) is 4.90 Å². The quantitative estimate of drug-likeness (QED) is 0.767. The van der Waals surface area contributed by atoms with Gasteiger partial charge < -0.3 is 9.42 Å². The first-order valence-electron chi connectivity index (χ1n) is 4.95. The number of urea groups is 1. The Kier molecular flexibility index (Phi) is 2.59. The van der Waals surface area contributed by atoms with Gasteiger partial charge in [0.25, 0.3) is 0 Å². The summed E-state index contributed by atoms with van der Waals surface area (Å²) < 4.78 is 4.91. The molecule has 2 rings (SSSR count). The van der Waals surface area contributed by atoms with Gasteiger partial charge in [-0.15, -0.1) is 0 Å². The number of aryl methyl sites for hydroxylation is 1.